The van der Waals surface area contributed by atoms with Gasteiger partial charge >= 0.3 is 0 Å². The predicted octanol–water partition coefficient (Wildman–Crippen LogP) is 13.0. The van der Waals surface area contributed by atoms with Crippen LogP contribution in [0.15, 0.2) is 188 Å². The van der Waals surface area contributed by atoms with Crippen molar-refractivity contribution in [3.63, 3.8) is 0 Å². The van der Waals surface area contributed by atoms with Crippen LogP contribution in [0, 0.1) is 0 Å². The highest BCUT2D eigenvalue weighted by molar-refractivity contribution is 6.10. The van der Waals surface area contributed by atoms with Gasteiger partial charge in [-0.2, -0.15) is 0 Å². The molecule has 0 atom stereocenters. The lowest BCUT2D eigenvalue weighted by Crippen LogP contribution is -1.95. The van der Waals surface area contributed by atoms with Crippen molar-refractivity contribution < 1.29 is 0 Å². The third-order valence-electron chi connectivity index (χ3n) is 10.4. The minimum atomic E-state index is 0.931. The fourth-order valence-corrected chi connectivity index (χ4v) is 7.96. The first-order valence-corrected chi connectivity index (χ1v) is 17.4. The van der Waals surface area contributed by atoms with Gasteiger partial charge in [0.2, 0.25) is 0 Å². The second kappa shape index (κ2) is 11.6. The van der Waals surface area contributed by atoms with Crippen molar-refractivity contribution in [3.05, 3.63) is 199 Å². The Bertz CT molecular complexity index is 2710. The molecule has 1 heteroatoms. The van der Waals surface area contributed by atoms with E-state index in [1.165, 1.54) is 94.3 Å². The molecule has 0 amide bonds. The molecule has 0 aliphatic heterocycles. The Morgan fingerprint density at radius 2 is 0.780 bits per heavy atom. The van der Waals surface area contributed by atoms with E-state index in [1.54, 1.807) is 0 Å². The highest BCUT2D eigenvalue weighted by atomic mass is 15.0. The second-order valence-electron chi connectivity index (χ2n) is 13.4. The number of aromatic nitrogens is 1. The van der Waals surface area contributed by atoms with E-state index in [0.717, 1.165) is 6.42 Å². The van der Waals surface area contributed by atoms with Crippen molar-refractivity contribution in [1.82, 2.24) is 4.57 Å². The lowest BCUT2D eigenvalue weighted by Gasteiger charge is -2.11. The van der Waals surface area contributed by atoms with Gasteiger partial charge in [-0.3, -0.25) is 0 Å². The summed E-state index contributed by atoms with van der Waals surface area (Å²) in [6, 6.07) is 68.8. The van der Waals surface area contributed by atoms with Crippen LogP contribution in [0.3, 0.4) is 0 Å². The summed E-state index contributed by atoms with van der Waals surface area (Å²) < 4.78 is 2.44. The van der Waals surface area contributed by atoms with E-state index >= 15 is 0 Å². The highest BCUT2D eigenvalue weighted by Crippen LogP contribution is 2.42. The molecule has 0 N–H and O–H groups in total. The molecular weight excluding hydrogens is 603 g/mol. The zero-order chi connectivity index (χ0) is 33.0. The van der Waals surface area contributed by atoms with Gasteiger partial charge in [0, 0.05) is 16.5 Å². The van der Waals surface area contributed by atoms with Gasteiger partial charge in [0.15, 0.2) is 0 Å². The van der Waals surface area contributed by atoms with Gasteiger partial charge in [-0.25, -0.2) is 0 Å². The first kappa shape index (κ1) is 28.6. The van der Waals surface area contributed by atoms with Crippen molar-refractivity contribution in [2.75, 3.05) is 0 Å². The van der Waals surface area contributed by atoms with Gasteiger partial charge in [0.25, 0.3) is 0 Å². The lowest BCUT2D eigenvalue weighted by atomic mass is 9.95. The van der Waals surface area contributed by atoms with Crippen molar-refractivity contribution in [1.29, 1.82) is 0 Å². The van der Waals surface area contributed by atoms with Gasteiger partial charge in [-0.1, -0.05) is 146 Å². The highest BCUT2D eigenvalue weighted by Gasteiger charge is 2.21. The van der Waals surface area contributed by atoms with Crippen LogP contribution in [0.25, 0.3) is 83.1 Å². The molecule has 1 aliphatic carbocycles. The average Bonchev–Trinajstić information content (AvgIpc) is 3.73. The third-order valence-corrected chi connectivity index (χ3v) is 10.4. The zero-order valence-corrected chi connectivity index (χ0v) is 27.6. The van der Waals surface area contributed by atoms with E-state index in [1.807, 2.05) is 0 Å². The molecule has 10 rings (SSSR count). The monoisotopic (exact) mass is 635 g/mol. The van der Waals surface area contributed by atoms with E-state index in [0.29, 0.717) is 0 Å². The Kier molecular flexibility index (Phi) is 6.63. The topological polar surface area (TPSA) is 4.93 Å². The summed E-state index contributed by atoms with van der Waals surface area (Å²) in [5.74, 6) is 0. The number of hydrogen-bond acceptors (Lipinski definition) is 0. The largest absolute Gasteiger partial charge is 0.309 e. The lowest BCUT2D eigenvalue weighted by molar-refractivity contribution is 1.16. The molecule has 234 valence electrons. The van der Waals surface area contributed by atoms with E-state index in [-0.39, 0.29) is 0 Å². The van der Waals surface area contributed by atoms with Crippen LogP contribution in [-0.4, -0.2) is 4.57 Å². The molecule has 0 bridgehead atoms. The quantitative estimate of drug-likeness (QED) is 0.177. The Hall–Kier alpha value is -6.44. The third kappa shape index (κ3) is 4.78. The number of hydrogen-bond donors (Lipinski definition) is 0. The zero-order valence-electron chi connectivity index (χ0n) is 27.6. The smallest absolute Gasteiger partial charge is 0.0541 e. The van der Waals surface area contributed by atoms with Gasteiger partial charge in [-0.15, -0.1) is 0 Å². The van der Waals surface area contributed by atoms with Crippen molar-refractivity contribution in [2.45, 2.75) is 6.42 Å². The number of fused-ring (bicyclic) bond motifs is 6. The van der Waals surface area contributed by atoms with Crippen LogP contribution in [0.4, 0.5) is 0 Å². The molecule has 8 aromatic carbocycles. The summed E-state index contributed by atoms with van der Waals surface area (Å²) >= 11 is 0. The SMILES string of the molecule is c1ccc(-c2cccc(-c3cccc(-c4ccc5c(c4)Cc4cc(-n6c7ccccc7c7cc(-c8ccccc8)ccc76)ccc4-5)c3)c2)cc1. The molecule has 1 aliphatic rings. The average molecular weight is 636 g/mol. The molecule has 1 nitrogen and oxygen atoms in total. The van der Waals surface area contributed by atoms with E-state index < -0.39 is 0 Å². The first-order valence-electron chi connectivity index (χ1n) is 17.4. The van der Waals surface area contributed by atoms with Crippen LogP contribution < -0.4 is 0 Å². The number of nitrogens with zero attached hydrogens (tertiary/aromatic N) is 1. The van der Waals surface area contributed by atoms with Crippen LogP contribution in [-0.2, 0) is 6.42 Å². The van der Waals surface area contributed by atoms with E-state index in [9.17, 15) is 0 Å². The van der Waals surface area contributed by atoms with Gasteiger partial charge in [-0.05, 0) is 116 Å². The maximum atomic E-state index is 2.44. The van der Waals surface area contributed by atoms with Gasteiger partial charge in [0.1, 0.15) is 0 Å². The minimum absolute atomic E-state index is 0.931. The Morgan fingerprint density at radius 3 is 1.46 bits per heavy atom. The number of benzene rings is 8. The molecule has 0 saturated carbocycles. The van der Waals surface area contributed by atoms with Crippen molar-refractivity contribution in [3.8, 4) is 61.3 Å². The van der Waals surface area contributed by atoms with Crippen LogP contribution in [0.5, 0.6) is 0 Å². The van der Waals surface area contributed by atoms with Crippen LogP contribution in [0.1, 0.15) is 11.1 Å². The molecule has 50 heavy (non-hydrogen) atoms. The van der Waals surface area contributed by atoms with E-state index in [2.05, 4.69) is 193 Å². The summed E-state index contributed by atoms with van der Waals surface area (Å²) in [4.78, 5) is 0. The fraction of sp³-hybridized carbons (Fsp3) is 0.0204. The molecule has 1 aromatic heterocycles. The fourth-order valence-electron chi connectivity index (χ4n) is 7.96. The van der Waals surface area contributed by atoms with Gasteiger partial charge < -0.3 is 4.57 Å². The maximum absolute atomic E-state index is 2.44. The molecular formula is C49H33N. The summed E-state index contributed by atoms with van der Waals surface area (Å²) in [6.45, 7) is 0. The summed E-state index contributed by atoms with van der Waals surface area (Å²) in [5, 5.41) is 2.56. The Labute approximate surface area is 292 Å². The summed E-state index contributed by atoms with van der Waals surface area (Å²) in [7, 11) is 0. The summed E-state index contributed by atoms with van der Waals surface area (Å²) in [6.07, 6.45) is 0.931. The molecule has 0 saturated heterocycles. The molecule has 0 radical (unpaired) electrons. The molecule has 0 fully saturated rings. The van der Waals surface area contributed by atoms with Gasteiger partial charge in [0.05, 0.1) is 11.0 Å². The molecule has 1 heterocycles. The number of para-hydroxylation sites is 1. The van der Waals surface area contributed by atoms with E-state index in [4.69, 9.17) is 0 Å². The predicted molar refractivity (Wildman–Crippen MR) is 211 cm³/mol. The minimum Gasteiger partial charge on any atom is -0.309 e. The summed E-state index contributed by atoms with van der Waals surface area (Å²) in [5.41, 5.74) is 19.1. The first-order chi connectivity index (χ1) is 24.8. The molecule has 0 unspecified atom stereocenters. The van der Waals surface area contributed by atoms with Crippen LogP contribution in [0.2, 0.25) is 0 Å². The normalized spacial score (nSPS) is 11.9. The van der Waals surface area contributed by atoms with Crippen molar-refractivity contribution >= 4 is 21.8 Å². The molecule has 9 aromatic rings. The standard InChI is InChI=1S/C49H33N/c1-3-11-33(12-4-1)35-15-9-16-36(27-35)37-17-10-18-38(28-37)39-21-24-44-41(29-39)30-42-31-43(23-25-45(42)44)50-48-20-8-7-19-46(48)47-32-40(22-26-49(47)50)34-13-5-2-6-14-34/h1-29,31-32H,30H2. The second-order valence-corrected chi connectivity index (χ2v) is 13.4. The maximum Gasteiger partial charge on any atom is 0.0541 e. The van der Waals surface area contributed by atoms with Crippen molar-refractivity contribution in [2.24, 2.45) is 0 Å². The Balaban J connectivity index is 0.991. The number of rotatable bonds is 5. The van der Waals surface area contributed by atoms with Crippen LogP contribution >= 0.6 is 0 Å². The molecule has 0 spiro atoms. The Morgan fingerprint density at radius 1 is 0.300 bits per heavy atom.